The first-order valence-corrected chi connectivity index (χ1v) is 7.28. The molecule has 0 saturated carbocycles. The fourth-order valence-electron chi connectivity index (χ4n) is 2.28. The smallest absolute Gasteiger partial charge is 0.130 e. The first-order valence-electron chi connectivity index (χ1n) is 6.49. The van der Waals surface area contributed by atoms with Crippen LogP contribution in [0.4, 0.5) is 10.1 Å². The molecule has 20 heavy (non-hydrogen) atoms. The highest BCUT2D eigenvalue weighted by molar-refractivity contribution is 9.10. The van der Waals surface area contributed by atoms with Crippen LogP contribution in [-0.2, 0) is 6.54 Å². The zero-order valence-electron chi connectivity index (χ0n) is 11.6. The van der Waals surface area contributed by atoms with E-state index in [2.05, 4.69) is 15.9 Å². The van der Waals surface area contributed by atoms with Crippen molar-refractivity contribution in [2.75, 3.05) is 11.9 Å². The third-order valence-corrected chi connectivity index (χ3v) is 4.04. The first-order chi connectivity index (χ1) is 9.50. The zero-order chi connectivity index (χ0) is 14.7. The van der Waals surface area contributed by atoms with E-state index in [1.165, 1.54) is 6.07 Å². The highest BCUT2D eigenvalue weighted by atomic mass is 79.9. The van der Waals surface area contributed by atoms with Crippen LogP contribution in [0.15, 0.2) is 46.9 Å². The molecule has 2 aromatic carbocycles. The van der Waals surface area contributed by atoms with Gasteiger partial charge in [0.05, 0.1) is 0 Å². The topological polar surface area (TPSA) is 29.3 Å². The highest BCUT2D eigenvalue weighted by Crippen LogP contribution is 2.29. The minimum atomic E-state index is -0.340. The molecule has 0 unspecified atom stereocenters. The van der Waals surface area contributed by atoms with E-state index in [-0.39, 0.29) is 11.9 Å². The molecule has 2 N–H and O–H groups in total. The van der Waals surface area contributed by atoms with Gasteiger partial charge in [0.1, 0.15) is 5.82 Å². The number of nitrogens with two attached hydrogens (primary N) is 1. The number of halogens is 2. The van der Waals surface area contributed by atoms with Crippen LogP contribution in [-0.4, -0.2) is 7.05 Å². The van der Waals surface area contributed by atoms with Gasteiger partial charge < -0.3 is 10.6 Å². The summed E-state index contributed by atoms with van der Waals surface area (Å²) >= 11 is 3.53. The van der Waals surface area contributed by atoms with Crippen molar-refractivity contribution in [3.8, 4) is 0 Å². The summed E-state index contributed by atoms with van der Waals surface area (Å²) < 4.78 is 15.0. The summed E-state index contributed by atoms with van der Waals surface area (Å²) in [5.41, 5.74) is 8.44. The van der Waals surface area contributed by atoms with Crippen LogP contribution >= 0.6 is 15.9 Å². The maximum Gasteiger partial charge on any atom is 0.130 e. The average molecular weight is 337 g/mol. The van der Waals surface area contributed by atoms with Gasteiger partial charge in [-0.3, -0.25) is 0 Å². The molecule has 0 amide bonds. The minimum absolute atomic E-state index is 0.253. The normalized spacial score (nSPS) is 12.2. The number of nitrogens with zero attached hydrogens (tertiary/aromatic N) is 1. The molecule has 106 valence electrons. The summed E-state index contributed by atoms with van der Waals surface area (Å²) in [5.74, 6) is -0.253. The Bertz CT molecular complexity index is 599. The maximum atomic E-state index is 14.0. The summed E-state index contributed by atoms with van der Waals surface area (Å²) in [5, 5.41) is 0. The van der Waals surface area contributed by atoms with Gasteiger partial charge in [0.2, 0.25) is 0 Å². The van der Waals surface area contributed by atoms with Crippen LogP contribution in [0, 0.1) is 5.82 Å². The fourth-order valence-corrected chi connectivity index (χ4v) is 2.69. The summed E-state index contributed by atoms with van der Waals surface area (Å²) in [6, 6.07) is 12.7. The van der Waals surface area contributed by atoms with E-state index < -0.39 is 0 Å². The van der Waals surface area contributed by atoms with E-state index in [0.717, 1.165) is 15.7 Å². The number of benzene rings is 2. The molecule has 2 aromatic rings. The van der Waals surface area contributed by atoms with Crippen molar-refractivity contribution in [1.82, 2.24) is 0 Å². The lowest BCUT2D eigenvalue weighted by molar-refractivity contribution is 0.592. The standard InChI is InChI=1S/C16H18BrFN2/c1-11(19)16-14(18)8-5-9-15(16)20(2)10-12-6-3-4-7-13(12)17/h3-9,11H,10,19H2,1-2H3/t11-/m1/s1. The van der Waals surface area contributed by atoms with Gasteiger partial charge in [0.15, 0.2) is 0 Å². The van der Waals surface area contributed by atoms with Gasteiger partial charge in [0.25, 0.3) is 0 Å². The molecule has 0 heterocycles. The first kappa shape index (κ1) is 15.0. The molecule has 0 spiro atoms. The molecular formula is C16H18BrFN2. The molecule has 0 radical (unpaired) electrons. The second kappa shape index (κ2) is 6.37. The summed E-state index contributed by atoms with van der Waals surface area (Å²) in [7, 11) is 1.94. The Hall–Kier alpha value is -1.39. The Balaban J connectivity index is 2.33. The predicted octanol–water partition coefficient (Wildman–Crippen LogP) is 4.24. The lowest BCUT2D eigenvalue weighted by Crippen LogP contribution is -2.21. The van der Waals surface area contributed by atoms with Crippen molar-refractivity contribution >= 4 is 21.6 Å². The van der Waals surface area contributed by atoms with Crippen molar-refractivity contribution in [2.45, 2.75) is 19.5 Å². The van der Waals surface area contributed by atoms with Crippen molar-refractivity contribution < 1.29 is 4.39 Å². The molecule has 1 atom stereocenters. The molecule has 0 aliphatic rings. The second-order valence-electron chi connectivity index (χ2n) is 4.91. The Morgan fingerprint density at radius 1 is 1.20 bits per heavy atom. The van der Waals surface area contributed by atoms with Crippen LogP contribution in [0.25, 0.3) is 0 Å². The SMILES string of the molecule is C[C@@H](N)c1c(F)cccc1N(C)Cc1ccccc1Br. The third-order valence-electron chi connectivity index (χ3n) is 3.26. The molecule has 0 aliphatic carbocycles. The summed E-state index contributed by atoms with van der Waals surface area (Å²) in [4.78, 5) is 2.02. The minimum Gasteiger partial charge on any atom is -0.370 e. The van der Waals surface area contributed by atoms with Crippen LogP contribution in [0.3, 0.4) is 0 Å². The van der Waals surface area contributed by atoms with Gasteiger partial charge in [-0.15, -0.1) is 0 Å². The van der Waals surface area contributed by atoms with E-state index in [0.29, 0.717) is 12.1 Å². The fraction of sp³-hybridized carbons (Fsp3) is 0.250. The largest absolute Gasteiger partial charge is 0.370 e. The molecule has 0 fully saturated rings. The van der Waals surface area contributed by atoms with Crippen LogP contribution < -0.4 is 10.6 Å². The molecule has 2 nitrogen and oxygen atoms in total. The van der Waals surface area contributed by atoms with Crippen molar-refractivity contribution in [3.05, 3.63) is 63.9 Å². The number of rotatable bonds is 4. The van der Waals surface area contributed by atoms with Crippen LogP contribution in [0.1, 0.15) is 24.1 Å². The van der Waals surface area contributed by atoms with Crippen molar-refractivity contribution in [1.29, 1.82) is 0 Å². The lowest BCUT2D eigenvalue weighted by Gasteiger charge is -2.25. The Morgan fingerprint density at radius 3 is 2.55 bits per heavy atom. The third kappa shape index (κ3) is 3.19. The monoisotopic (exact) mass is 336 g/mol. The maximum absolute atomic E-state index is 14.0. The molecule has 4 heteroatoms. The zero-order valence-corrected chi connectivity index (χ0v) is 13.2. The van der Waals surface area contributed by atoms with Gasteiger partial charge >= 0.3 is 0 Å². The highest BCUT2D eigenvalue weighted by Gasteiger charge is 2.16. The second-order valence-corrected chi connectivity index (χ2v) is 5.76. The van der Waals surface area contributed by atoms with Crippen molar-refractivity contribution in [3.63, 3.8) is 0 Å². The number of hydrogen-bond acceptors (Lipinski definition) is 2. The van der Waals surface area contributed by atoms with E-state index in [9.17, 15) is 4.39 Å². The van der Waals surface area contributed by atoms with Crippen LogP contribution in [0.2, 0.25) is 0 Å². The summed E-state index contributed by atoms with van der Waals surface area (Å²) in [6.07, 6.45) is 0. The number of anilines is 1. The lowest BCUT2D eigenvalue weighted by atomic mass is 10.0. The van der Waals surface area contributed by atoms with Gasteiger partial charge in [-0.05, 0) is 30.7 Å². The quantitative estimate of drug-likeness (QED) is 0.904. The van der Waals surface area contributed by atoms with E-state index >= 15 is 0 Å². The molecule has 2 rings (SSSR count). The van der Waals surface area contributed by atoms with Gasteiger partial charge in [-0.25, -0.2) is 4.39 Å². The molecule has 0 bridgehead atoms. The Morgan fingerprint density at radius 2 is 1.90 bits per heavy atom. The molecule has 0 aromatic heterocycles. The predicted molar refractivity (Wildman–Crippen MR) is 85.3 cm³/mol. The van der Waals surface area contributed by atoms with Crippen LogP contribution in [0.5, 0.6) is 0 Å². The van der Waals surface area contributed by atoms with E-state index in [4.69, 9.17) is 5.73 Å². The van der Waals surface area contributed by atoms with Crippen molar-refractivity contribution in [2.24, 2.45) is 5.73 Å². The van der Waals surface area contributed by atoms with Gasteiger partial charge in [-0.1, -0.05) is 40.2 Å². The molecule has 0 saturated heterocycles. The number of hydrogen-bond donors (Lipinski definition) is 1. The Labute approximate surface area is 127 Å². The average Bonchev–Trinajstić information content (AvgIpc) is 2.40. The van der Waals surface area contributed by atoms with Gasteiger partial charge in [0, 0.05) is 35.4 Å². The van der Waals surface area contributed by atoms with Gasteiger partial charge in [-0.2, -0.15) is 0 Å². The van der Waals surface area contributed by atoms with E-state index in [1.807, 2.05) is 42.3 Å². The molecular weight excluding hydrogens is 319 g/mol. The molecule has 0 aliphatic heterocycles. The Kier molecular flexibility index (Phi) is 4.78. The van der Waals surface area contributed by atoms with E-state index in [1.54, 1.807) is 13.0 Å². The summed E-state index contributed by atoms with van der Waals surface area (Å²) in [6.45, 7) is 2.48.